The molecule has 2 atom stereocenters. The van der Waals surface area contributed by atoms with E-state index in [-0.39, 0.29) is 36.2 Å². The minimum Gasteiger partial charge on any atom is -0.477 e. The number of carboxylic acids is 1. The van der Waals surface area contributed by atoms with Gasteiger partial charge in [-0.25, -0.2) is 4.79 Å². The van der Waals surface area contributed by atoms with Gasteiger partial charge in [0, 0.05) is 19.3 Å². The number of likely N-dealkylation sites (N-methyl/N-ethyl adjacent to an activating group) is 1. The third-order valence-electron chi connectivity index (χ3n) is 9.32. The van der Waals surface area contributed by atoms with Gasteiger partial charge in [0.05, 0.1) is 34.4 Å². The van der Waals surface area contributed by atoms with E-state index in [0.29, 0.717) is 19.3 Å². The molecule has 8 nitrogen and oxygen atoms in total. The molecule has 1 N–H and O–H groups in total. The van der Waals surface area contributed by atoms with Crippen molar-refractivity contribution in [2.75, 3.05) is 41.0 Å². The van der Waals surface area contributed by atoms with E-state index in [1.165, 1.54) is 19.3 Å². The van der Waals surface area contributed by atoms with E-state index in [4.69, 9.17) is 14.2 Å². The number of hydrogen-bond acceptors (Lipinski definition) is 6. The smallest absolute Gasteiger partial charge is 0.362 e. The van der Waals surface area contributed by atoms with Gasteiger partial charge in [-0.1, -0.05) is 138 Å². The lowest BCUT2D eigenvalue weighted by atomic mass is 10.1. The first kappa shape index (κ1) is 52.8. The lowest BCUT2D eigenvalue weighted by Gasteiger charge is -2.31. The van der Waals surface area contributed by atoms with E-state index in [1.807, 2.05) is 21.1 Å². The van der Waals surface area contributed by atoms with Gasteiger partial charge in [0.25, 0.3) is 0 Å². The molecule has 0 aliphatic carbocycles. The number of carbonyl (C=O) groups excluding carboxylic acids is 2. The van der Waals surface area contributed by atoms with E-state index in [1.54, 1.807) is 0 Å². The first-order valence-electron chi connectivity index (χ1n) is 22.0. The van der Waals surface area contributed by atoms with Crippen molar-refractivity contribution >= 4 is 17.9 Å². The Kier molecular flexibility index (Phi) is 36.4. The van der Waals surface area contributed by atoms with Crippen molar-refractivity contribution in [2.45, 2.75) is 174 Å². The normalized spacial score (nSPS) is 13.7. The van der Waals surface area contributed by atoms with Crippen molar-refractivity contribution in [1.82, 2.24) is 0 Å². The molecule has 0 aliphatic heterocycles. The van der Waals surface area contributed by atoms with Crippen molar-refractivity contribution in [3.05, 3.63) is 72.9 Å². The Labute approximate surface area is 342 Å². The maximum absolute atomic E-state index is 12.7. The third-order valence-corrected chi connectivity index (χ3v) is 9.32. The number of aliphatic carboxylic acids is 1. The monoisotopic (exact) mass is 785 g/mol. The van der Waals surface area contributed by atoms with Gasteiger partial charge in [-0.05, 0) is 77.0 Å². The first-order chi connectivity index (χ1) is 27.1. The lowest BCUT2D eigenvalue weighted by Crippen LogP contribution is -2.50. The second kappa shape index (κ2) is 38.6. The Hall–Kier alpha value is -3.23. The number of carboxylic acid groups (broad SMARTS) is 1. The largest absolute Gasteiger partial charge is 0.477 e. The highest BCUT2D eigenvalue weighted by Crippen LogP contribution is 2.13. The summed E-state index contributed by atoms with van der Waals surface area (Å²) in [4.78, 5) is 37.0. The minimum atomic E-state index is -0.883. The molecule has 0 bridgehead atoms. The van der Waals surface area contributed by atoms with Crippen molar-refractivity contribution in [2.24, 2.45) is 0 Å². The zero-order chi connectivity index (χ0) is 41.4. The predicted octanol–water partition coefficient (Wildman–Crippen LogP) is 12.0. The number of allylic oxidation sites excluding steroid dienone is 12. The maximum atomic E-state index is 12.7. The number of ether oxygens (including phenoxy) is 3. The summed E-state index contributed by atoms with van der Waals surface area (Å²) in [5, 5.41) is 9.62. The third kappa shape index (κ3) is 36.4. The van der Waals surface area contributed by atoms with E-state index >= 15 is 0 Å². The van der Waals surface area contributed by atoms with Gasteiger partial charge in [-0.15, -0.1) is 0 Å². The van der Waals surface area contributed by atoms with Crippen LogP contribution in [-0.2, 0) is 28.6 Å². The Morgan fingerprint density at radius 1 is 0.554 bits per heavy atom. The highest BCUT2D eigenvalue weighted by atomic mass is 16.6. The zero-order valence-corrected chi connectivity index (χ0v) is 36.3. The molecule has 0 amide bonds. The van der Waals surface area contributed by atoms with Crippen LogP contribution in [0.3, 0.4) is 0 Å². The summed E-state index contributed by atoms with van der Waals surface area (Å²) < 4.78 is 17.2. The Balaban J connectivity index is 4.39. The molecule has 0 saturated carbocycles. The van der Waals surface area contributed by atoms with Crippen molar-refractivity contribution < 1.29 is 38.2 Å². The summed E-state index contributed by atoms with van der Waals surface area (Å²) in [6.07, 6.45) is 48.0. The van der Waals surface area contributed by atoms with Crippen LogP contribution in [0.1, 0.15) is 162 Å². The second-order valence-electron chi connectivity index (χ2n) is 15.6. The van der Waals surface area contributed by atoms with Gasteiger partial charge in [-0.2, -0.15) is 0 Å². The van der Waals surface area contributed by atoms with Crippen LogP contribution in [0.5, 0.6) is 0 Å². The standard InChI is InChI=1S/C48H81NO7/c1-6-8-10-12-14-16-18-20-21-22-23-24-25-27-29-31-33-35-37-39-47(51)56-44(42-54-41-40-45(48(52)53)49(3,4)5)43-55-46(50)38-36-34-32-30-28-26-19-17-15-13-11-9-7-2/h8,10-11,13-14,16-17,19-21,23-24,44-45H,6-7,9,12,15,18,22,25-43H2,1-5H3/p+1/b10-8-,13-11-,16-14-,19-17-,21-20-,24-23-. The Morgan fingerprint density at radius 2 is 1.00 bits per heavy atom. The number of unbranched alkanes of at least 4 members (excludes halogenated alkanes) is 12. The fourth-order valence-corrected chi connectivity index (χ4v) is 5.94. The molecule has 0 aliphatic rings. The predicted molar refractivity (Wildman–Crippen MR) is 233 cm³/mol. The minimum absolute atomic E-state index is 0.0469. The summed E-state index contributed by atoms with van der Waals surface area (Å²) in [7, 11) is 5.51. The number of rotatable bonds is 38. The molecule has 0 fully saturated rings. The van der Waals surface area contributed by atoms with Crippen LogP contribution < -0.4 is 0 Å². The van der Waals surface area contributed by atoms with Crippen LogP contribution in [0.4, 0.5) is 0 Å². The fourth-order valence-electron chi connectivity index (χ4n) is 5.94. The van der Waals surface area contributed by atoms with E-state index in [0.717, 1.165) is 109 Å². The summed E-state index contributed by atoms with van der Waals surface area (Å²) in [5.41, 5.74) is 0. The zero-order valence-electron chi connectivity index (χ0n) is 36.3. The number of quaternary nitrogens is 1. The van der Waals surface area contributed by atoms with E-state index in [2.05, 4.69) is 86.8 Å². The molecule has 8 heteroatoms. The lowest BCUT2D eigenvalue weighted by molar-refractivity contribution is -0.887. The number of hydrogen-bond donors (Lipinski definition) is 1. The summed E-state index contributed by atoms with van der Waals surface area (Å²) >= 11 is 0. The number of esters is 2. The van der Waals surface area contributed by atoms with Gasteiger partial charge in [0.2, 0.25) is 0 Å². The fraction of sp³-hybridized carbons (Fsp3) is 0.688. The van der Waals surface area contributed by atoms with Crippen LogP contribution in [0, 0.1) is 0 Å². The molecule has 0 saturated heterocycles. The van der Waals surface area contributed by atoms with Gasteiger partial charge < -0.3 is 23.8 Å². The average Bonchev–Trinajstić information content (AvgIpc) is 3.15. The molecule has 2 unspecified atom stereocenters. The van der Waals surface area contributed by atoms with Crippen LogP contribution in [0.15, 0.2) is 72.9 Å². The van der Waals surface area contributed by atoms with Crippen LogP contribution >= 0.6 is 0 Å². The average molecular weight is 785 g/mol. The molecule has 0 radical (unpaired) electrons. The quantitative estimate of drug-likeness (QED) is 0.0288. The van der Waals surface area contributed by atoms with Crippen molar-refractivity contribution in [3.8, 4) is 0 Å². The maximum Gasteiger partial charge on any atom is 0.362 e. The molecular weight excluding hydrogens is 703 g/mol. The first-order valence-corrected chi connectivity index (χ1v) is 22.0. The van der Waals surface area contributed by atoms with Crippen molar-refractivity contribution in [3.63, 3.8) is 0 Å². The SMILES string of the molecule is CC/C=C\C/C=C\C/C=C\C/C=C\CCCCCCCCC(=O)OC(COCCC(C(=O)O)[N+](C)(C)C)COC(=O)CCCCCCC/C=C\C/C=C\CCC. The highest BCUT2D eigenvalue weighted by molar-refractivity contribution is 5.72. The van der Waals surface area contributed by atoms with E-state index in [9.17, 15) is 19.5 Å². The summed E-state index contributed by atoms with van der Waals surface area (Å²) in [6, 6.07) is -0.622. The van der Waals surface area contributed by atoms with Crippen molar-refractivity contribution in [1.29, 1.82) is 0 Å². The molecule has 320 valence electrons. The van der Waals surface area contributed by atoms with Crippen LogP contribution in [-0.4, -0.2) is 80.6 Å². The Morgan fingerprint density at radius 3 is 1.48 bits per heavy atom. The van der Waals surface area contributed by atoms with Gasteiger partial charge >= 0.3 is 17.9 Å². The molecule has 0 aromatic heterocycles. The second-order valence-corrected chi connectivity index (χ2v) is 15.6. The topological polar surface area (TPSA) is 99.1 Å². The molecule has 0 aromatic rings. The number of carbonyl (C=O) groups is 3. The van der Waals surface area contributed by atoms with Crippen LogP contribution in [0.2, 0.25) is 0 Å². The van der Waals surface area contributed by atoms with E-state index < -0.39 is 18.1 Å². The highest BCUT2D eigenvalue weighted by Gasteiger charge is 2.31. The molecule has 56 heavy (non-hydrogen) atoms. The van der Waals surface area contributed by atoms with Crippen LogP contribution in [0.25, 0.3) is 0 Å². The number of nitrogens with zero attached hydrogens (tertiary/aromatic N) is 1. The summed E-state index contributed by atoms with van der Waals surface area (Å²) in [5.74, 6) is -1.51. The molecule has 0 spiro atoms. The van der Waals surface area contributed by atoms with Gasteiger partial charge in [0.1, 0.15) is 6.61 Å². The molecular formula is C48H82NO7+. The molecule has 0 aromatic carbocycles. The van der Waals surface area contributed by atoms with Gasteiger partial charge in [0.15, 0.2) is 12.1 Å². The Bertz CT molecular complexity index is 1140. The summed E-state index contributed by atoms with van der Waals surface area (Å²) in [6.45, 7) is 4.51. The molecule has 0 heterocycles. The molecule has 0 rings (SSSR count). The van der Waals surface area contributed by atoms with Gasteiger partial charge in [-0.3, -0.25) is 9.59 Å².